The van der Waals surface area contributed by atoms with Crippen LogP contribution >= 0.6 is 11.6 Å². The second-order valence-electron chi connectivity index (χ2n) is 6.35. The molecule has 0 spiro atoms. The molecule has 2 saturated heterocycles. The Hall–Kier alpha value is -1.92. The van der Waals surface area contributed by atoms with Crippen LogP contribution in [-0.4, -0.2) is 48.4 Å². The normalized spacial score (nSPS) is 24.6. The Balaban J connectivity index is 1.73. The molecule has 25 heavy (non-hydrogen) atoms. The summed E-state index contributed by atoms with van der Waals surface area (Å²) in [7, 11) is 0. The molecule has 2 fully saturated rings. The summed E-state index contributed by atoms with van der Waals surface area (Å²) in [6, 6.07) is 6.13. The van der Waals surface area contributed by atoms with Crippen LogP contribution in [0.25, 0.3) is 0 Å². The number of imide groups is 1. The molecular formula is C18H21ClN2O4. The van der Waals surface area contributed by atoms with Crippen molar-refractivity contribution in [1.29, 1.82) is 0 Å². The molecule has 0 aliphatic carbocycles. The second-order valence-corrected chi connectivity index (χ2v) is 6.79. The third-order valence-electron chi connectivity index (χ3n) is 4.72. The number of benzene rings is 1. The number of carbonyl (C=O) groups is 3. The van der Waals surface area contributed by atoms with Gasteiger partial charge in [0.05, 0.1) is 30.7 Å². The molecule has 2 atom stereocenters. The molecule has 0 aromatic heterocycles. The quantitative estimate of drug-likeness (QED) is 0.605. The number of piperidine rings is 1. The molecule has 2 amide bonds. The molecule has 2 aliphatic rings. The van der Waals surface area contributed by atoms with Gasteiger partial charge >= 0.3 is 5.97 Å². The third kappa shape index (κ3) is 3.70. The van der Waals surface area contributed by atoms with Crippen molar-refractivity contribution < 1.29 is 19.1 Å². The first-order valence-corrected chi connectivity index (χ1v) is 8.92. The Morgan fingerprint density at radius 3 is 2.68 bits per heavy atom. The van der Waals surface area contributed by atoms with E-state index in [0.717, 1.165) is 12.8 Å². The maximum Gasteiger partial charge on any atom is 0.310 e. The molecule has 134 valence electrons. The molecule has 0 unspecified atom stereocenters. The van der Waals surface area contributed by atoms with E-state index >= 15 is 0 Å². The Labute approximate surface area is 151 Å². The summed E-state index contributed by atoms with van der Waals surface area (Å²) >= 11 is 5.87. The fraction of sp³-hybridized carbons (Fsp3) is 0.500. The zero-order valence-electron chi connectivity index (χ0n) is 14.1. The number of likely N-dealkylation sites (tertiary alicyclic amines) is 1. The molecule has 2 aliphatic heterocycles. The maximum absolute atomic E-state index is 12.8. The van der Waals surface area contributed by atoms with Gasteiger partial charge in [-0.2, -0.15) is 0 Å². The lowest BCUT2D eigenvalue weighted by Gasteiger charge is -2.34. The van der Waals surface area contributed by atoms with Gasteiger partial charge in [-0.25, -0.2) is 4.90 Å². The first-order chi connectivity index (χ1) is 12.0. The predicted octanol–water partition coefficient (Wildman–Crippen LogP) is 2.25. The van der Waals surface area contributed by atoms with Crippen LogP contribution in [0.4, 0.5) is 5.69 Å². The number of anilines is 1. The summed E-state index contributed by atoms with van der Waals surface area (Å²) in [5, 5.41) is 0.549. The van der Waals surface area contributed by atoms with Crippen LogP contribution in [0.2, 0.25) is 5.02 Å². The van der Waals surface area contributed by atoms with Gasteiger partial charge in [0.25, 0.3) is 5.91 Å². The number of nitrogens with zero attached hydrogens (tertiary/aromatic N) is 2. The molecule has 1 aromatic carbocycles. The molecule has 0 bridgehead atoms. The Kier molecular flexibility index (Phi) is 5.39. The minimum Gasteiger partial charge on any atom is -0.466 e. The number of rotatable bonds is 4. The Morgan fingerprint density at radius 2 is 2.00 bits per heavy atom. The number of hydrogen-bond donors (Lipinski definition) is 0. The van der Waals surface area contributed by atoms with Crippen molar-refractivity contribution in [2.45, 2.75) is 32.2 Å². The van der Waals surface area contributed by atoms with Crippen molar-refractivity contribution in [2.75, 3.05) is 24.6 Å². The highest BCUT2D eigenvalue weighted by Gasteiger charge is 2.44. The van der Waals surface area contributed by atoms with Crippen LogP contribution in [0, 0.1) is 5.92 Å². The summed E-state index contributed by atoms with van der Waals surface area (Å²) in [6.45, 7) is 3.28. The van der Waals surface area contributed by atoms with Gasteiger partial charge in [0.15, 0.2) is 0 Å². The summed E-state index contributed by atoms with van der Waals surface area (Å²) < 4.78 is 5.10. The second kappa shape index (κ2) is 7.54. The standard InChI is InChI=1S/C18H21ClN2O4/c1-2-25-18(24)12-4-3-9-20(11-12)15-10-16(22)21(17(15)23)14-7-5-13(19)6-8-14/h5-8,12,15H,2-4,9-11H2,1H3/t12-,15+/m1/s1. The molecular weight excluding hydrogens is 344 g/mol. The van der Waals surface area contributed by atoms with Crippen LogP contribution in [-0.2, 0) is 19.1 Å². The van der Waals surface area contributed by atoms with E-state index in [2.05, 4.69) is 0 Å². The number of amides is 2. The van der Waals surface area contributed by atoms with E-state index in [-0.39, 0.29) is 30.1 Å². The van der Waals surface area contributed by atoms with Gasteiger partial charge in [0, 0.05) is 11.6 Å². The van der Waals surface area contributed by atoms with E-state index in [4.69, 9.17) is 16.3 Å². The van der Waals surface area contributed by atoms with Crippen molar-refractivity contribution in [3.63, 3.8) is 0 Å². The number of ether oxygens (including phenoxy) is 1. The third-order valence-corrected chi connectivity index (χ3v) is 4.97. The monoisotopic (exact) mass is 364 g/mol. The van der Waals surface area contributed by atoms with Crippen molar-refractivity contribution in [3.05, 3.63) is 29.3 Å². The maximum atomic E-state index is 12.8. The van der Waals surface area contributed by atoms with E-state index in [0.29, 0.717) is 30.4 Å². The van der Waals surface area contributed by atoms with Crippen molar-refractivity contribution >= 4 is 35.1 Å². The van der Waals surface area contributed by atoms with Gasteiger partial charge in [0.2, 0.25) is 5.91 Å². The first kappa shape index (κ1) is 17.9. The zero-order chi connectivity index (χ0) is 18.0. The van der Waals surface area contributed by atoms with E-state index in [1.165, 1.54) is 4.90 Å². The van der Waals surface area contributed by atoms with E-state index in [9.17, 15) is 14.4 Å². The fourth-order valence-corrected chi connectivity index (χ4v) is 3.63. The van der Waals surface area contributed by atoms with Crippen LogP contribution in [0.5, 0.6) is 0 Å². The first-order valence-electron chi connectivity index (χ1n) is 8.54. The molecule has 1 aromatic rings. The highest BCUT2D eigenvalue weighted by molar-refractivity contribution is 6.30. The number of carbonyl (C=O) groups excluding carboxylic acids is 3. The van der Waals surface area contributed by atoms with Crippen molar-refractivity contribution in [3.8, 4) is 0 Å². The predicted molar refractivity (Wildman–Crippen MR) is 93.3 cm³/mol. The Morgan fingerprint density at radius 1 is 1.28 bits per heavy atom. The molecule has 0 N–H and O–H groups in total. The van der Waals surface area contributed by atoms with E-state index in [1.807, 2.05) is 4.90 Å². The van der Waals surface area contributed by atoms with Gasteiger partial charge in [-0.05, 0) is 50.6 Å². The largest absolute Gasteiger partial charge is 0.466 e. The van der Waals surface area contributed by atoms with Gasteiger partial charge in [0.1, 0.15) is 0 Å². The summed E-state index contributed by atoms with van der Waals surface area (Å²) in [5.74, 6) is -0.924. The van der Waals surface area contributed by atoms with Crippen LogP contribution in [0.3, 0.4) is 0 Å². The minimum atomic E-state index is -0.514. The lowest BCUT2D eigenvalue weighted by atomic mass is 9.96. The minimum absolute atomic E-state index is 0.136. The lowest BCUT2D eigenvalue weighted by molar-refractivity contribution is -0.150. The summed E-state index contributed by atoms with van der Waals surface area (Å²) in [5.41, 5.74) is 0.529. The zero-order valence-corrected chi connectivity index (χ0v) is 14.9. The highest BCUT2D eigenvalue weighted by Crippen LogP contribution is 2.29. The average Bonchev–Trinajstić information content (AvgIpc) is 2.91. The molecule has 6 nitrogen and oxygen atoms in total. The van der Waals surface area contributed by atoms with Crippen molar-refractivity contribution in [1.82, 2.24) is 4.90 Å². The van der Waals surface area contributed by atoms with Gasteiger partial charge in [-0.3, -0.25) is 19.3 Å². The number of esters is 1. The van der Waals surface area contributed by atoms with E-state index in [1.54, 1.807) is 31.2 Å². The molecule has 0 radical (unpaired) electrons. The van der Waals surface area contributed by atoms with Crippen molar-refractivity contribution in [2.24, 2.45) is 5.92 Å². The average molecular weight is 365 g/mol. The fourth-order valence-electron chi connectivity index (χ4n) is 3.50. The Bertz CT molecular complexity index is 676. The van der Waals surface area contributed by atoms with Gasteiger partial charge in [-0.1, -0.05) is 11.6 Å². The highest BCUT2D eigenvalue weighted by atomic mass is 35.5. The van der Waals surface area contributed by atoms with Crippen LogP contribution < -0.4 is 4.90 Å². The summed E-state index contributed by atoms with van der Waals surface area (Å²) in [6.07, 6.45) is 1.70. The molecule has 0 saturated carbocycles. The molecule has 3 rings (SSSR count). The smallest absolute Gasteiger partial charge is 0.310 e. The number of hydrogen-bond acceptors (Lipinski definition) is 5. The van der Waals surface area contributed by atoms with Crippen LogP contribution in [0.1, 0.15) is 26.2 Å². The van der Waals surface area contributed by atoms with Gasteiger partial charge in [-0.15, -0.1) is 0 Å². The lowest BCUT2D eigenvalue weighted by Crippen LogP contribution is -2.48. The van der Waals surface area contributed by atoms with Crippen LogP contribution in [0.15, 0.2) is 24.3 Å². The molecule has 7 heteroatoms. The molecule has 2 heterocycles. The summed E-state index contributed by atoms with van der Waals surface area (Å²) in [4.78, 5) is 40.4. The number of halogens is 1. The van der Waals surface area contributed by atoms with Gasteiger partial charge < -0.3 is 4.74 Å². The SMILES string of the molecule is CCOC(=O)[C@@H]1CCCN([C@H]2CC(=O)N(c3ccc(Cl)cc3)C2=O)C1. The van der Waals surface area contributed by atoms with E-state index < -0.39 is 6.04 Å². The topological polar surface area (TPSA) is 66.9 Å².